The van der Waals surface area contributed by atoms with Gasteiger partial charge in [-0.25, -0.2) is 9.18 Å². The minimum absolute atomic E-state index is 0.119. The van der Waals surface area contributed by atoms with E-state index in [-0.39, 0.29) is 23.3 Å². The number of esters is 1. The number of ketones is 1. The van der Waals surface area contributed by atoms with E-state index in [4.69, 9.17) is 4.74 Å². The van der Waals surface area contributed by atoms with Crippen molar-refractivity contribution in [2.24, 2.45) is 5.92 Å². The maximum atomic E-state index is 13.3. The molecule has 0 aliphatic rings. The molecule has 1 aromatic carbocycles. The molecule has 0 unspecified atom stereocenters. The topological polar surface area (TPSA) is 79.5 Å². The van der Waals surface area contributed by atoms with Gasteiger partial charge in [0.15, 0.2) is 5.78 Å². The summed E-state index contributed by atoms with van der Waals surface area (Å²) in [7, 11) is 1.27. The molecule has 0 aliphatic heterocycles. The molecule has 0 radical (unpaired) electrons. The summed E-state index contributed by atoms with van der Waals surface area (Å²) in [5.74, 6) is -1.50. The molecular weight excluding hydrogens is 375 g/mol. The lowest BCUT2D eigenvalue weighted by molar-refractivity contribution is 0.0591. The maximum absolute atomic E-state index is 13.3. The van der Waals surface area contributed by atoms with Crippen LogP contribution in [0.4, 0.5) is 4.39 Å². The summed E-state index contributed by atoms with van der Waals surface area (Å²) in [5.41, 5.74) is 1.94. The number of aryl methyl sites for hydroxylation is 1. The van der Waals surface area contributed by atoms with Crippen LogP contribution >= 0.6 is 0 Å². The van der Waals surface area contributed by atoms with E-state index in [1.54, 1.807) is 20.8 Å². The van der Waals surface area contributed by atoms with Crippen LogP contribution in [0.3, 0.4) is 0 Å². The van der Waals surface area contributed by atoms with E-state index in [1.807, 2.05) is 13.8 Å². The van der Waals surface area contributed by atoms with Gasteiger partial charge in [0.1, 0.15) is 11.5 Å². The van der Waals surface area contributed by atoms with Crippen molar-refractivity contribution in [1.82, 2.24) is 9.88 Å². The highest BCUT2D eigenvalue weighted by Crippen LogP contribution is 2.23. The van der Waals surface area contributed by atoms with Gasteiger partial charge in [0.25, 0.3) is 5.91 Å². The number of nitrogens with one attached hydrogen (secondary N) is 1. The average Bonchev–Trinajstić information content (AvgIpc) is 2.98. The highest BCUT2D eigenvalue weighted by atomic mass is 19.1. The zero-order valence-corrected chi connectivity index (χ0v) is 17.6. The molecule has 1 atom stereocenters. The number of benzene rings is 1. The monoisotopic (exact) mass is 402 g/mol. The first-order chi connectivity index (χ1) is 13.6. The van der Waals surface area contributed by atoms with E-state index in [0.29, 0.717) is 28.9 Å². The second-order valence-electron chi connectivity index (χ2n) is 7.52. The van der Waals surface area contributed by atoms with Gasteiger partial charge in [-0.3, -0.25) is 9.59 Å². The van der Waals surface area contributed by atoms with E-state index in [9.17, 15) is 18.8 Å². The molecule has 1 aromatic heterocycles. The highest BCUT2D eigenvalue weighted by molar-refractivity contribution is 6.07. The van der Waals surface area contributed by atoms with Crippen LogP contribution in [0.5, 0.6) is 0 Å². The van der Waals surface area contributed by atoms with Crippen LogP contribution < -0.4 is 0 Å². The molecule has 6 nitrogen and oxygen atoms in total. The number of Topliss-reactive ketones (excluding diaryl/α,β-unsaturated/α-hetero) is 1. The van der Waals surface area contributed by atoms with E-state index in [1.165, 1.54) is 36.3 Å². The normalized spacial score (nSPS) is 12.0. The van der Waals surface area contributed by atoms with Crippen molar-refractivity contribution < 1.29 is 23.5 Å². The Morgan fingerprint density at radius 2 is 1.69 bits per heavy atom. The minimum atomic E-state index is -0.770. The van der Waals surface area contributed by atoms with Crippen molar-refractivity contribution in [3.05, 3.63) is 58.2 Å². The summed E-state index contributed by atoms with van der Waals surface area (Å²) in [4.78, 5) is 42.7. The van der Waals surface area contributed by atoms with Gasteiger partial charge >= 0.3 is 5.97 Å². The fourth-order valence-corrected chi connectivity index (χ4v) is 3.34. The lowest BCUT2D eigenvalue weighted by Gasteiger charge is -2.30. The Balaban J connectivity index is 2.41. The quantitative estimate of drug-likeness (QED) is 0.562. The first-order valence-electron chi connectivity index (χ1n) is 9.46. The first-order valence-corrected chi connectivity index (χ1v) is 9.46. The van der Waals surface area contributed by atoms with Crippen molar-refractivity contribution in [2.45, 2.75) is 40.7 Å². The zero-order valence-electron chi connectivity index (χ0n) is 17.6. The van der Waals surface area contributed by atoms with E-state index in [0.717, 1.165) is 0 Å². The van der Waals surface area contributed by atoms with Gasteiger partial charge in [0.05, 0.1) is 13.2 Å². The molecule has 1 heterocycles. The summed E-state index contributed by atoms with van der Waals surface area (Å²) in [6.07, 6.45) is 0. The van der Waals surface area contributed by atoms with Gasteiger partial charge in [-0.05, 0) is 56.5 Å². The number of aromatic amines is 1. The molecular formula is C22H27FN2O4. The lowest BCUT2D eigenvalue weighted by Crippen LogP contribution is -2.45. The van der Waals surface area contributed by atoms with Crippen molar-refractivity contribution >= 4 is 17.7 Å². The molecule has 29 heavy (non-hydrogen) atoms. The van der Waals surface area contributed by atoms with E-state index >= 15 is 0 Å². The van der Waals surface area contributed by atoms with Gasteiger partial charge in [0, 0.05) is 23.4 Å². The third-order valence-electron chi connectivity index (χ3n) is 4.83. The Hall–Kier alpha value is -2.96. The molecule has 156 valence electrons. The number of ether oxygens (including phenoxy) is 1. The molecule has 2 rings (SSSR count). The molecule has 7 heteroatoms. The number of carbonyl (C=O) groups excluding carboxylic acids is 3. The standard InChI is InChI=1S/C22H27FN2O4/c1-12(2)11-25(21(27)16-7-9-17(23)10-8-16)15(5)20(26)18-13(3)19(22(28)29-6)24-14(18)4/h7-10,12,15,24H,11H2,1-6H3/t15-/m1/s1. The van der Waals surface area contributed by atoms with E-state index < -0.39 is 17.8 Å². The molecule has 0 bridgehead atoms. The van der Waals surface area contributed by atoms with Crippen LogP contribution in [0.2, 0.25) is 0 Å². The van der Waals surface area contributed by atoms with Crippen LogP contribution in [0, 0.1) is 25.6 Å². The highest BCUT2D eigenvalue weighted by Gasteiger charge is 2.32. The number of H-pyrrole nitrogens is 1. The van der Waals surface area contributed by atoms with Crippen molar-refractivity contribution in [3.63, 3.8) is 0 Å². The zero-order chi connectivity index (χ0) is 21.9. The molecule has 1 amide bonds. The number of amides is 1. The van der Waals surface area contributed by atoms with Gasteiger partial charge in [-0.1, -0.05) is 13.8 Å². The number of methoxy groups -OCH3 is 1. The summed E-state index contributed by atoms with van der Waals surface area (Å²) in [6, 6.07) is 4.48. The molecule has 2 aromatic rings. The number of aromatic nitrogens is 1. The summed E-state index contributed by atoms with van der Waals surface area (Å²) in [5, 5.41) is 0. The van der Waals surface area contributed by atoms with Gasteiger partial charge in [-0.15, -0.1) is 0 Å². The average molecular weight is 402 g/mol. The summed E-state index contributed by atoms with van der Waals surface area (Å²) < 4.78 is 18.0. The Bertz CT molecular complexity index is 916. The van der Waals surface area contributed by atoms with Gasteiger partial charge in [-0.2, -0.15) is 0 Å². The molecule has 0 aliphatic carbocycles. The molecule has 0 fully saturated rings. The molecule has 0 saturated carbocycles. The van der Waals surface area contributed by atoms with Crippen LogP contribution in [-0.4, -0.2) is 47.2 Å². The van der Waals surface area contributed by atoms with Gasteiger partial charge < -0.3 is 14.6 Å². The fourth-order valence-electron chi connectivity index (χ4n) is 3.34. The molecule has 0 spiro atoms. The summed E-state index contributed by atoms with van der Waals surface area (Å²) in [6.45, 7) is 9.29. The van der Waals surface area contributed by atoms with Crippen molar-refractivity contribution in [2.75, 3.05) is 13.7 Å². The maximum Gasteiger partial charge on any atom is 0.354 e. The van der Waals surface area contributed by atoms with Crippen LogP contribution in [0.25, 0.3) is 0 Å². The van der Waals surface area contributed by atoms with Gasteiger partial charge in [0.2, 0.25) is 0 Å². The molecule has 0 saturated heterocycles. The number of halogens is 1. The predicted molar refractivity (Wildman–Crippen MR) is 108 cm³/mol. The second-order valence-corrected chi connectivity index (χ2v) is 7.52. The smallest absolute Gasteiger partial charge is 0.354 e. The predicted octanol–water partition coefficient (Wildman–Crippen LogP) is 3.93. The second kappa shape index (κ2) is 9.03. The third-order valence-corrected chi connectivity index (χ3v) is 4.83. The van der Waals surface area contributed by atoms with Crippen LogP contribution in [0.15, 0.2) is 24.3 Å². The van der Waals surface area contributed by atoms with Crippen LogP contribution in [0.1, 0.15) is 63.2 Å². The summed E-state index contributed by atoms with van der Waals surface area (Å²) >= 11 is 0. The number of hydrogen-bond acceptors (Lipinski definition) is 4. The number of rotatable bonds is 7. The lowest BCUT2D eigenvalue weighted by atomic mass is 9.98. The van der Waals surface area contributed by atoms with Crippen LogP contribution in [-0.2, 0) is 4.74 Å². The first kappa shape index (κ1) is 22.3. The Kier molecular flexibility index (Phi) is 6.95. The SMILES string of the molecule is COC(=O)c1[nH]c(C)c(C(=O)[C@@H](C)N(CC(C)C)C(=O)c2ccc(F)cc2)c1C. The fraction of sp³-hybridized carbons (Fsp3) is 0.409. The van der Waals surface area contributed by atoms with E-state index in [2.05, 4.69) is 4.98 Å². The number of carbonyl (C=O) groups is 3. The number of hydrogen-bond donors (Lipinski definition) is 1. The number of nitrogens with zero attached hydrogens (tertiary/aromatic N) is 1. The Morgan fingerprint density at radius 3 is 2.21 bits per heavy atom. The largest absolute Gasteiger partial charge is 0.464 e. The Labute approximate surface area is 170 Å². The minimum Gasteiger partial charge on any atom is -0.464 e. The van der Waals surface area contributed by atoms with Crippen molar-refractivity contribution in [1.29, 1.82) is 0 Å². The van der Waals surface area contributed by atoms with Crippen molar-refractivity contribution in [3.8, 4) is 0 Å². The molecule has 1 N–H and O–H groups in total. The Morgan fingerprint density at radius 1 is 1.10 bits per heavy atom. The third kappa shape index (κ3) is 4.72.